The molecule has 11 heavy (non-hydrogen) atoms. The van der Waals surface area contributed by atoms with Gasteiger partial charge in [0.1, 0.15) is 6.17 Å². The fourth-order valence-corrected chi connectivity index (χ4v) is 2.61. The molecular formula is C8H15ClFN. The van der Waals surface area contributed by atoms with Crippen LogP contribution in [0.15, 0.2) is 0 Å². The van der Waals surface area contributed by atoms with E-state index in [0.717, 1.165) is 19.3 Å². The molecule has 3 unspecified atom stereocenters. The minimum absolute atomic E-state index is 0. The Kier molecular flexibility index (Phi) is 2.45. The third-order valence-electron chi connectivity index (χ3n) is 3.36. The van der Waals surface area contributed by atoms with E-state index in [-0.39, 0.29) is 17.8 Å². The van der Waals surface area contributed by atoms with E-state index in [1.165, 1.54) is 6.42 Å². The van der Waals surface area contributed by atoms with E-state index < -0.39 is 6.17 Å². The Morgan fingerprint density at radius 1 is 1.55 bits per heavy atom. The molecule has 0 heterocycles. The number of nitrogens with two attached hydrogens (primary N) is 1. The molecule has 2 aliphatic carbocycles. The standard InChI is InChI=1S/C8H14FN.ClH/c9-7-3-6-1-2-8(7,4-6)5-10;/h6-7H,1-5,10H2;1H. The van der Waals surface area contributed by atoms with Crippen LogP contribution in [0.2, 0.25) is 0 Å². The van der Waals surface area contributed by atoms with Crippen molar-refractivity contribution in [3.05, 3.63) is 0 Å². The molecule has 3 heteroatoms. The first-order chi connectivity index (χ1) is 4.77. The highest BCUT2D eigenvalue weighted by atomic mass is 35.5. The first kappa shape index (κ1) is 9.27. The van der Waals surface area contributed by atoms with Gasteiger partial charge in [0, 0.05) is 12.0 Å². The number of halogens is 2. The van der Waals surface area contributed by atoms with Crippen molar-refractivity contribution in [1.29, 1.82) is 0 Å². The lowest BCUT2D eigenvalue weighted by molar-refractivity contribution is 0.133. The van der Waals surface area contributed by atoms with Crippen LogP contribution in [0.5, 0.6) is 0 Å². The molecule has 1 nitrogen and oxygen atoms in total. The fraction of sp³-hybridized carbons (Fsp3) is 1.00. The summed E-state index contributed by atoms with van der Waals surface area (Å²) < 4.78 is 13.2. The fourth-order valence-electron chi connectivity index (χ4n) is 2.61. The number of hydrogen-bond donors (Lipinski definition) is 1. The van der Waals surface area contributed by atoms with Gasteiger partial charge in [-0.2, -0.15) is 0 Å². The molecule has 0 aromatic rings. The number of rotatable bonds is 1. The van der Waals surface area contributed by atoms with E-state index >= 15 is 0 Å². The first-order valence-electron chi connectivity index (χ1n) is 4.11. The Bertz CT molecular complexity index is 153. The van der Waals surface area contributed by atoms with Crippen LogP contribution in [0.4, 0.5) is 4.39 Å². The normalized spacial score (nSPS) is 47.5. The molecule has 0 saturated heterocycles. The molecule has 2 aliphatic rings. The summed E-state index contributed by atoms with van der Waals surface area (Å²) in [6.07, 6.45) is 3.52. The summed E-state index contributed by atoms with van der Waals surface area (Å²) in [6.45, 7) is 0.560. The van der Waals surface area contributed by atoms with Crippen LogP contribution < -0.4 is 5.73 Å². The summed E-state index contributed by atoms with van der Waals surface area (Å²) in [5, 5.41) is 0. The number of alkyl halides is 1. The van der Waals surface area contributed by atoms with Gasteiger partial charge < -0.3 is 5.73 Å². The second-order valence-electron chi connectivity index (χ2n) is 3.88. The van der Waals surface area contributed by atoms with Gasteiger partial charge in [0.2, 0.25) is 0 Å². The van der Waals surface area contributed by atoms with Gasteiger partial charge in [-0.3, -0.25) is 0 Å². The van der Waals surface area contributed by atoms with E-state index in [1.54, 1.807) is 0 Å². The van der Waals surface area contributed by atoms with Crippen molar-refractivity contribution in [3.63, 3.8) is 0 Å². The Morgan fingerprint density at radius 2 is 2.27 bits per heavy atom. The molecule has 2 rings (SSSR count). The smallest absolute Gasteiger partial charge is 0.107 e. The molecule has 3 atom stereocenters. The summed E-state index contributed by atoms with van der Waals surface area (Å²) in [6, 6.07) is 0. The van der Waals surface area contributed by atoms with Gasteiger partial charge in [-0.05, 0) is 31.6 Å². The molecule has 0 radical (unpaired) electrons. The highest BCUT2D eigenvalue weighted by Crippen LogP contribution is 2.54. The Labute approximate surface area is 72.9 Å². The van der Waals surface area contributed by atoms with Gasteiger partial charge in [0.15, 0.2) is 0 Å². The summed E-state index contributed by atoms with van der Waals surface area (Å²) >= 11 is 0. The van der Waals surface area contributed by atoms with Crippen molar-refractivity contribution in [2.24, 2.45) is 17.1 Å². The molecule has 0 spiro atoms. The van der Waals surface area contributed by atoms with E-state index in [2.05, 4.69) is 0 Å². The molecule has 2 fully saturated rings. The van der Waals surface area contributed by atoms with Gasteiger partial charge in [0.25, 0.3) is 0 Å². The Hall–Kier alpha value is 0.180. The van der Waals surface area contributed by atoms with Crippen LogP contribution in [-0.2, 0) is 0 Å². The maximum atomic E-state index is 13.2. The third-order valence-corrected chi connectivity index (χ3v) is 3.36. The largest absolute Gasteiger partial charge is 0.330 e. The van der Waals surface area contributed by atoms with Crippen molar-refractivity contribution in [1.82, 2.24) is 0 Å². The van der Waals surface area contributed by atoms with E-state index in [9.17, 15) is 4.39 Å². The average Bonchev–Trinajstić information content (AvgIpc) is 2.44. The topological polar surface area (TPSA) is 26.0 Å². The molecule has 2 N–H and O–H groups in total. The van der Waals surface area contributed by atoms with E-state index in [1.807, 2.05) is 0 Å². The van der Waals surface area contributed by atoms with Gasteiger partial charge in [-0.25, -0.2) is 4.39 Å². The van der Waals surface area contributed by atoms with Crippen molar-refractivity contribution >= 4 is 12.4 Å². The van der Waals surface area contributed by atoms with Crippen molar-refractivity contribution < 1.29 is 4.39 Å². The molecule has 0 amide bonds. The minimum Gasteiger partial charge on any atom is -0.330 e. The summed E-state index contributed by atoms with van der Waals surface area (Å²) in [7, 11) is 0. The van der Waals surface area contributed by atoms with E-state index in [4.69, 9.17) is 5.73 Å². The zero-order valence-corrected chi connectivity index (χ0v) is 7.37. The highest BCUT2D eigenvalue weighted by Gasteiger charge is 2.51. The van der Waals surface area contributed by atoms with Gasteiger partial charge >= 0.3 is 0 Å². The average molecular weight is 180 g/mol. The van der Waals surface area contributed by atoms with Crippen LogP contribution in [0.1, 0.15) is 25.7 Å². The number of hydrogen-bond acceptors (Lipinski definition) is 1. The van der Waals surface area contributed by atoms with Gasteiger partial charge in [-0.15, -0.1) is 12.4 Å². The minimum atomic E-state index is -0.587. The third kappa shape index (κ3) is 1.17. The summed E-state index contributed by atoms with van der Waals surface area (Å²) in [5.74, 6) is 0.665. The van der Waals surface area contributed by atoms with Crippen molar-refractivity contribution in [2.45, 2.75) is 31.9 Å². The molecule has 2 bridgehead atoms. The predicted octanol–water partition coefficient (Wildman–Crippen LogP) is 1.90. The summed E-state index contributed by atoms with van der Waals surface area (Å²) in [5.41, 5.74) is 5.48. The maximum absolute atomic E-state index is 13.2. The Balaban J connectivity index is 0.000000605. The van der Waals surface area contributed by atoms with Crippen molar-refractivity contribution in [2.75, 3.05) is 6.54 Å². The van der Waals surface area contributed by atoms with Crippen LogP contribution in [0, 0.1) is 11.3 Å². The molecule has 66 valence electrons. The molecule has 0 aliphatic heterocycles. The lowest BCUT2D eigenvalue weighted by Crippen LogP contribution is -2.34. The van der Waals surface area contributed by atoms with Crippen molar-refractivity contribution in [3.8, 4) is 0 Å². The van der Waals surface area contributed by atoms with Crippen LogP contribution in [0.3, 0.4) is 0 Å². The molecule has 2 saturated carbocycles. The lowest BCUT2D eigenvalue weighted by Gasteiger charge is -2.27. The molecule has 0 aromatic carbocycles. The second-order valence-corrected chi connectivity index (χ2v) is 3.88. The first-order valence-corrected chi connectivity index (χ1v) is 4.11. The van der Waals surface area contributed by atoms with E-state index in [0.29, 0.717) is 12.5 Å². The van der Waals surface area contributed by atoms with Gasteiger partial charge in [0.05, 0.1) is 0 Å². The zero-order chi connectivity index (χ0) is 7.19. The van der Waals surface area contributed by atoms with Gasteiger partial charge in [-0.1, -0.05) is 0 Å². The predicted molar refractivity (Wildman–Crippen MR) is 45.6 cm³/mol. The zero-order valence-electron chi connectivity index (χ0n) is 6.55. The lowest BCUT2D eigenvalue weighted by atomic mass is 9.83. The quantitative estimate of drug-likeness (QED) is 0.654. The summed E-state index contributed by atoms with van der Waals surface area (Å²) in [4.78, 5) is 0. The second kappa shape index (κ2) is 2.91. The monoisotopic (exact) mass is 179 g/mol. The molecular weight excluding hydrogens is 165 g/mol. The Morgan fingerprint density at radius 3 is 2.55 bits per heavy atom. The van der Waals surface area contributed by atoms with Crippen LogP contribution >= 0.6 is 12.4 Å². The SMILES string of the molecule is Cl.NCC12CCC(CC1F)C2. The maximum Gasteiger partial charge on any atom is 0.107 e. The highest BCUT2D eigenvalue weighted by molar-refractivity contribution is 5.85. The van der Waals surface area contributed by atoms with Crippen LogP contribution in [-0.4, -0.2) is 12.7 Å². The number of fused-ring (bicyclic) bond motifs is 2. The van der Waals surface area contributed by atoms with Crippen LogP contribution in [0.25, 0.3) is 0 Å². The molecule has 0 aromatic heterocycles.